The van der Waals surface area contributed by atoms with Crippen molar-refractivity contribution < 1.29 is 0 Å². The molecule has 1 rings (SSSR count). The Labute approximate surface area is 74.1 Å². The summed E-state index contributed by atoms with van der Waals surface area (Å²) in [5.41, 5.74) is 2.23. The van der Waals surface area contributed by atoms with E-state index in [1.807, 2.05) is 6.92 Å². The van der Waals surface area contributed by atoms with E-state index in [0.29, 0.717) is 5.92 Å². The fraction of sp³-hybridized carbons (Fsp3) is 0.600. The lowest BCUT2D eigenvalue weighted by atomic mass is 10.0. The van der Waals surface area contributed by atoms with Gasteiger partial charge in [0.05, 0.1) is 0 Å². The Kier molecular flexibility index (Phi) is 3.20. The van der Waals surface area contributed by atoms with Gasteiger partial charge in [-0.2, -0.15) is 0 Å². The van der Waals surface area contributed by atoms with Crippen LogP contribution in [-0.4, -0.2) is 9.97 Å². The van der Waals surface area contributed by atoms with Gasteiger partial charge in [-0.15, -0.1) is 0 Å². The van der Waals surface area contributed by atoms with Crippen LogP contribution in [0.1, 0.15) is 44.0 Å². The van der Waals surface area contributed by atoms with Gasteiger partial charge in [-0.05, 0) is 25.3 Å². The molecule has 1 aromatic heterocycles. The maximum atomic E-state index is 4.25. The number of hydrogen-bond donors (Lipinski definition) is 0. The van der Waals surface area contributed by atoms with Crippen LogP contribution in [0, 0.1) is 6.92 Å². The SMILES string of the molecule is CCCC(C)c1cc(C)ncn1. The standard InChI is InChI=1S/C10H16N2/c1-4-5-8(2)10-6-9(3)11-7-12-10/h6-8H,4-5H2,1-3H3. The maximum absolute atomic E-state index is 4.25. The predicted octanol–water partition coefficient (Wildman–Crippen LogP) is 2.69. The van der Waals surface area contributed by atoms with Crippen molar-refractivity contribution in [3.05, 3.63) is 23.8 Å². The van der Waals surface area contributed by atoms with Gasteiger partial charge in [-0.3, -0.25) is 0 Å². The molecule has 0 spiro atoms. The van der Waals surface area contributed by atoms with Gasteiger partial charge >= 0.3 is 0 Å². The molecule has 1 atom stereocenters. The number of hydrogen-bond acceptors (Lipinski definition) is 2. The third-order valence-electron chi connectivity index (χ3n) is 2.05. The summed E-state index contributed by atoms with van der Waals surface area (Å²) in [6, 6.07) is 2.07. The number of aromatic nitrogens is 2. The van der Waals surface area contributed by atoms with E-state index in [4.69, 9.17) is 0 Å². The van der Waals surface area contributed by atoms with E-state index in [0.717, 1.165) is 5.69 Å². The van der Waals surface area contributed by atoms with Crippen molar-refractivity contribution in [2.45, 2.75) is 39.5 Å². The van der Waals surface area contributed by atoms with E-state index in [1.165, 1.54) is 18.5 Å². The summed E-state index contributed by atoms with van der Waals surface area (Å²) in [4.78, 5) is 8.32. The molecule has 0 bridgehead atoms. The van der Waals surface area contributed by atoms with E-state index >= 15 is 0 Å². The number of nitrogens with zero attached hydrogens (tertiary/aromatic N) is 2. The minimum atomic E-state index is 0.566. The summed E-state index contributed by atoms with van der Waals surface area (Å²) in [6.45, 7) is 6.42. The zero-order valence-electron chi connectivity index (χ0n) is 8.04. The Bertz CT molecular complexity index is 245. The van der Waals surface area contributed by atoms with Gasteiger partial charge in [0.15, 0.2) is 0 Å². The second kappa shape index (κ2) is 4.19. The fourth-order valence-electron chi connectivity index (χ4n) is 1.33. The molecular formula is C10H16N2. The monoisotopic (exact) mass is 164 g/mol. The van der Waals surface area contributed by atoms with Gasteiger partial charge in [-0.1, -0.05) is 20.3 Å². The van der Waals surface area contributed by atoms with Gasteiger partial charge < -0.3 is 0 Å². The van der Waals surface area contributed by atoms with Crippen molar-refractivity contribution in [2.24, 2.45) is 0 Å². The molecule has 0 radical (unpaired) electrons. The third kappa shape index (κ3) is 2.29. The first-order valence-corrected chi connectivity index (χ1v) is 4.52. The van der Waals surface area contributed by atoms with Crippen molar-refractivity contribution in [1.29, 1.82) is 0 Å². The molecule has 2 heteroatoms. The smallest absolute Gasteiger partial charge is 0.115 e. The lowest BCUT2D eigenvalue weighted by Crippen LogP contribution is -1.98. The molecule has 0 fully saturated rings. The molecule has 12 heavy (non-hydrogen) atoms. The largest absolute Gasteiger partial charge is 0.242 e. The van der Waals surface area contributed by atoms with Gasteiger partial charge in [-0.25, -0.2) is 9.97 Å². The highest BCUT2D eigenvalue weighted by Crippen LogP contribution is 2.17. The van der Waals surface area contributed by atoms with Crippen LogP contribution < -0.4 is 0 Å². The molecule has 66 valence electrons. The average molecular weight is 164 g/mol. The second-order valence-corrected chi connectivity index (χ2v) is 3.27. The average Bonchev–Trinajstić information content (AvgIpc) is 2.05. The van der Waals surface area contributed by atoms with Crippen LogP contribution in [-0.2, 0) is 0 Å². The van der Waals surface area contributed by atoms with Crippen molar-refractivity contribution in [3.63, 3.8) is 0 Å². The molecular weight excluding hydrogens is 148 g/mol. The lowest BCUT2D eigenvalue weighted by molar-refractivity contribution is 0.644. The fourth-order valence-corrected chi connectivity index (χ4v) is 1.33. The maximum Gasteiger partial charge on any atom is 0.115 e. The van der Waals surface area contributed by atoms with Crippen molar-refractivity contribution in [1.82, 2.24) is 9.97 Å². The summed E-state index contributed by atoms with van der Waals surface area (Å²) in [6.07, 6.45) is 4.07. The number of rotatable bonds is 3. The molecule has 0 N–H and O–H groups in total. The van der Waals surface area contributed by atoms with Gasteiger partial charge in [0.25, 0.3) is 0 Å². The molecule has 2 nitrogen and oxygen atoms in total. The molecule has 0 amide bonds. The summed E-state index contributed by atoms with van der Waals surface area (Å²) >= 11 is 0. The van der Waals surface area contributed by atoms with Crippen LogP contribution in [0.3, 0.4) is 0 Å². The van der Waals surface area contributed by atoms with Gasteiger partial charge in [0.2, 0.25) is 0 Å². The predicted molar refractivity (Wildman–Crippen MR) is 50.1 cm³/mol. The third-order valence-corrected chi connectivity index (χ3v) is 2.05. The number of aryl methyl sites for hydroxylation is 1. The first-order valence-electron chi connectivity index (χ1n) is 4.52. The Morgan fingerprint density at radius 3 is 2.75 bits per heavy atom. The molecule has 1 aromatic rings. The zero-order valence-corrected chi connectivity index (χ0v) is 8.04. The van der Waals surface area contributed by atoms with Crippen LogP contribution in [0.4, 0.5) is 0 Å². The highest BCUT2D eigenvalue weighted by molar-refractivity contribution is 5.10. The molecule has 0 aromatic carbocycles. The molecule has 0 aliphatic heterocycles. The molecule has 0 aliphatic rings. The van der Waals surface area contributed by atoms with Crippen LogP contribution in [0.2, 0.25) is 0 Å². The summed E-state index contributed by atoms with van der Waals surface area (Å²) in [5, 5.41) is 0. The highest BCUT2D eigenvalue weighted by Gasteiger charge is 2.05. The van der Waals surface area contributed by atoms with Gasteiger partial charge in [0.1, 0.15) is 6.33 Å². The van der Waals surface area contributed by atoms with E-state index in [-0.39, 0.29) is 0 Å². The Morgan fingerprint density at radius 1 is 1.42 bits per heavy atom. The van der Waals surface area contributed by atoms with E-state index in [1.54, 1.807) is 6.33 Å². The van der Waals surface area contributed by atoms with Crippen LogP contribution in [0.25, 0.3) is 0 Å². The minimum absolute atomic E-state index is 0.566. The molecule has 0 aliphatic carbocycles. The second-order valence-electron chi connectivity index (χ2n) is 3.27. The van der Waals surface area contributed by atoms with Crippen molar-refractivity contribution in [2.75, 3.05) is 0 Å². The minimum Gasteiger partial charge on any atom is -0.242 e. The molecule has 0 saturated heterocycles. The Balaban J connectivity index is 2.73. The van der Waals surface area contributed by atoms with Crippen LogP contribution in [0.5, 0.6) is 0 Å². The van der Waals surface area contributed by atoms with E-state index in [9.17, 15) is 0 Å². The van der Waals surface area contributed by atoms with Crippen molar-refractivity contribution >= 4 is 0 Å². The first-order chi connectivity index (χ1) is 5.74. The Morgan fingerprint density at radius 2 is 2.17 bits per heavy atom. The quantitative estimate of drug-likeness (QED) is 0.686. The molecule has 1 heterocycles. The Hall–Kier alpha value is -0.920. The molecule has 1 unspecified atom stereocenters. The van der Waals surface area contributed by atoms with Gasteiger partial charge in [0, 0.05) is 11.4 Å². The summed E-state index contributed by atoms with van der Waals surface area (Å²) in [7, 11) is 0. The van der Waals surface area contributed by atoms with Crippen LogP contribution in [0.15, 0.2) is 12.4 Å². The summed E-state index contributed by atoms with van der Waals surface area (Å²) < 4.78 is 0. The van der Waals surface area contributed by atoms with Crippen molar-refractivity contribution in [3.8, 4) is 0 Å². The topological polar surface area (TPSA) is 25.8 Å². The van der Waals surface area contributed by atoms with E-state index < -0.39 is 0 Å². The van der Waals surface area contributed by atoms with Crippen LogP contribution >= 0.6 is 0 Å². The molecule has 0 saturated carbocycles. The highest BCUT2D eigenvalue weighted by atomic mass is 14.8. The normalized spacial score (nSPS) is 12.9. The van der Waals surface area contributed by atoms with E-state index in [2.05, 4.69) is 29.9 Å². The first kappa shape index (κ1) is 9.17. The lowest BCUT2D eigenvalue weighted by Gasteiger charge is -2.08. The summed E-state index contributed by atoms with van der Waals surface area (Å²) in [5.74, 6) is 0.566. The zero-order chi connectivity index (χ0) is 8.97.